The Morgan fingerprint density at radius 3 is 2.46 bits per heavy atom. The number of amides is 1. The van der Waals surface area contributed by atoms with Crippen LogP contribution in [0.15, 0.2) is 65.6 Å². The van der Waals surface area contributed by atoms with Crippen LogP contribution in [0.3, 0.4) is 0 Å². The minimum Gasteiger partial charge on any atom is -0.351 e. The molecule has 0 heterocycles. The van der Waals surface area contributed by atoms with E-state index in [1.54, 1.807) is 12.1 Å². The van der Waals surface area contributed by atoms with Crippen molar-refractivity contribution >= 4 is 45.7 Å². The fourth-order valence-electron chi connectivity index (χ4n) is 2.51. The molecule has 0 unspecified atom stereocenters. The van der Waals surface area contributed by atoms with Crippen LogP contribution >= 0.6 is 23.4 Å². The van der Waals surface area contributed by atoms with Gasteiger partial charge in [-0.1, -0.05) is 48.0 Å². The number of non-ortho nitro benzene ring substituents is 1. The molecule has 0 aromatic heterocycles. The van der Waals surface area contributed by atoms with Crippen LogP contribution in [0.25, 0.3) is 10.8 Å². The number of fused-ring (bicyclic) bond motifs is 1. The molecule has 0 saturated carbocycles. The molecular weight excluding hydrogens is 372 g/mol. The fraction of sp³-hybridized carbons (Fsp3) is 0.105. The molecular formula is C19H15ClN2O3S. The van der Waals surface area contributed by atoms with Crippen molar-refractivity contribution in [2.45, 2.75) is 11.4 Å². The van der Waals surface area contributed by atoms with Gasteiger partial charge in [-0.2, -0.15) is 0 Å². The van der Waals surface area contributed by atoms with Crippen LogP contribution in [0.4, 0.5) is 5.69 Å². The second-order valence-electron chi connectivity index (χ2n) is 5.58. The molecule has 0 spiro atoms. The first-order valence-electron chi connectivity index (χ1n) is 7.84. The number of nitro benzene ring substituents is 1. The summed E-state index contributed by atoms with van der Waals surface area (Å²) in [5.41, 5.74) is 0.839. The molecule has 0 saturated heterocycles. The highest BCUT2D eigenvalue weighted by atomic mass is 35.5. The second-order valence-corrected chi connectivity index (χ2v) is 7.01. The van der Waals surface area contributed by atoms with E-state index in [0.29, 0.717) is 11.6 Å². The van der Waals surface area contributed by atoms with Crippen molar-refractivity contribution in [1.29, 1.82) is 0 Å². The largest absolute Gasteiger partial charge is 0.351 e. The zero-order chi connectivity index (χ0) is 18.5. The zero-order valence-corrected chi connectivity index (χ0v) is 15.2. The van der Waals surface area contributed by atoms with Crippen LogP contribution in [0, 0.1) is 10.1 Å². The molecule has 26 heavy (non-hydrogen) atoms. The molecule has 0 aliphatic heterocycles. The lowest BCUT2D eigenvalue weighted by atomic mass is 10.1. The first-order valence-corrected chi connectivity index (χ1v) is 9.21. The Bertz CT molecular complexity index is 955. The predicted octanol–water partition coefficient (Wildman–Crippen LogP) is 4.81. The lowest BCUT2D eigenvalue weighted by Gasteiger charge is -2.09. The standard InChI is InChI=1S/C19H15ClN2O3S/c20-16-5-1-3-14-4-2-6-17(19(14)16)26-12-18(23)21-11-13-7-9-15(10-8-13)22(24)25/h1-10H,11-12H2,(H,21,23). The highest BCUT2D eigenvalue weighted by molar-refractivity contribution is 8.00. The van der Waals surface area contributed by atoms with Crippen molar-refractivity contribution in [3.63, 3.8) is 0 Å². The maximum Gasteiger partial charge on any atom is 0.269 e. The lowest BCUT2D eigenvalue weighted by molar-refractivity contribution is -0.384. The molecule has 132 valence electrons. The number of carbonyl (C=O) groups excluding carboxylic acids is 1. The Morgan fingerprint density at radius 2 is 1.77 bits per heavy atom. The summed E-state index contributed by atoms with van der Waals surface area (Å²) < 4.78 is 0. The van der Waals surface area contributed by atoms with Crippen LogP contribution in [0.1, 0.15) is 5.56 Å². The van der Waals surface area contributed by atoms with Crippen LogP contribution in [0.5, 0.6) is 0 Å². The molecule has 0 aliphatic rings. The van der Waals surface area contributed by atoms with Gasteiger partial charge in [0.25, 0.3) is 5.69 Å². The third-order valence-electron chi connectivity index (χ3n) is 3.81. The van der Waals surface area contributed by atoms with Crippen molar-refractivity contribution in [2.24, 2.45) is 0 Å². The van der Waals surface area contributed by atoms with Crippen LogP contribution < -0.4 is 5.32 Å². The molecule has 5 nitrogen and oxygen atoms in total. The molecule has 7 heteroatoms. The first-order chi connectivity index (χ1) is 12.5. The minimum atomic E-state index is -0.450. The van der Waals surface area contributed by atoms with Gasteiger partial charge in [0.05, 0.1) is 10.7 Å². The van der Waals surface area contributed by atoms with E-state index in [2.05, 4.69) is 5.32 Å². The number of carbonyl (C=O) groups is 1. The van der Waals surface area contributed by atoms with E-state index in [1.165, 1.54) is 23.9 Å². The van der Waals surface area contributed by atoms with E-state index in [-0.39, 0.29) is 17.3 Å². The molecule has 1 amide bonds. The van der Waals surface area contributed by atoms with E-state index in [9.17, 15) is 14.9 Å². The second kappa shape index (κ2) is 8.21. The highest BCUT2D eigenvalue weighted by Gasteiger charge is 2.09. The quantitative estimate of drug-likeness (QED) is 0.375. The Hall–Kier alpha value is -2.57. The average molecular weight is 387 g/mol. The average Bonchev–Trinajstić information content (AvgIpc) is 2.65. The Kier molecular flexibility index (Phi) is 5.75. The van der Waals surface area contributed by atoms with Crippen molar-refractivity contribution in [1.82, 2.24) is 5.32 Å². The number of nitrogens with one attached hydrogen (secondary N) is 1. The van der Waals surface area contributed by atoms with E-state index in [4.69, 9.17) is 11.6 Å². The van der Waals surface area contributed by atoms with Gasteiger partial charge in [0, 0.05) is 34.0 Å². The number of rotatable bonds is 6. The fourth-order valence-corrected chi connectivity index (χ4v) is 3.79. The van der Waals surface area contributed by atoms with Crippen LogP contribution in [-0.2, 0) is 11.3 Å². The summed E-state index contributed by atoms with van der Waals surface area (Å²) in [4.78, 5) is 23.3. The SMILES string of the molecule is O=C(CSc1cccc2cccc(Cl)c12)NCc1ccc([N+](=O)[O-])cc1. The third-order valence-corrected chi connectivity index (χ3v) is 5.18. The Morgan fingerprint density at radius 1 is 1.08 bits per heavy atom. The minimum absolute atomic E-state index is 0.0310. The summed E-state index contributed by atoms with van der Waals surface area (Å²) in [5.74, 6) is 0.148. The summed E-state index contributed by atoms with van der Waals surface area (Å²) >= 11 is 7.72. The van der Waals surface area contributed by atoms with Gasteiger partial charge in [-0.05, 0) is 23.1 Å². The number of benzene rings is 3. The molecule has 0 aliphatic carbocycles. The van der Waals surface area contributed by atoms with Gasteiger partial charge < -0.3 is 5.32 Å². The lowest BCUT2D eigenvalue weighted by Crippen LogP contribution is -2.24. The molecule has 3 aromatic carbocycles. The zero-order valence-electron chi connectivity index (χ0n) is 13.6. The predicted molar refractivity (Wildman–Crippen MR) is 105 cm³/mol. The summed E-state index contributed by atoms with van der Waals surface area (Å²) in [5, 5.41) is 16.1. The number of halogens is 1. The topological polar surface area (TPSA) is 72.2 Å². The number of nitrogens with zero attached hydrogens (tertiary/aromatic N) is 1. The van der Waals surface area contributed by atoms with Gasteiger partial charge in [-0.25, -0.2) is 0 Å². The maximum atomic E-state index is 12.1. The van der Waals surface area contributed by atoms with Gasteiger partial charge >= 0.3 is 0 Å². The molecule has 0 radical (unpaired) electrons. The van der Waals surface area contributed by atoms with Crippen molar-refractivity contribution in [3.05, 3.63) is 81.4 Å². The number of hydrogen-bond acceptors (Lipinski definition) is 4. The van der Waals surface area contributed by atoms with Gasteiger partial charge in [0.1, 0.15) is 0 Å². The summed E-state index contributed by atoms with van der Waals surface area (Å²) in [6, 6.07) is 17.7. The smallest absolute Gasteiger partial charge is 0.269 e. The van der Waals surface area contributed by atoms with E-state index in [0.717, 1.165) is 21.2 Å². The summed E-state index contributed by atoms with van der Waals surface area (Å²) in [6.07, 6.45) is 0. The molecule has 0 fully saturated rings. The third kappa shape index (κ3) is 4.33. The van der Waals surface area contributed by atoms with Crippen molar-refractivity contribution in [2.75, 3.05) is 5.75 Å². The molecule has 3 rings (SSSR count). The van der Waals surface area contributed by atoms with E-state index in [1.807, 2.05) is 36.4 Å². The normalized spacial score (nSPS) is 10.7. The van der Waals surface area contributed by atoms with Gasteiger partial charge in [0.15, 0.2) is 0 Å². The Balaban J connectivity index is 1.59. The monoisotopic (exact) mass is 386 g/mol. The number of thioether (sulfide) groups is 1. The van der Waals surface area contributed by atoms with Gasteiger partial charge in [0.2, 0.25) is 5.91 Å². The molecule has 0 atom stereocenters. The number of nitro groups is 1. The van der Waals surface area contributed by atoms with Crippen LogP contribution in [0.2, 0.25) is 5.02 Å². The first kappa shape index (κ1) is 18.2. The van der Waals surface area contributed by atoms with E-state index < -0.39 is 4.92 Å². The number of hydrogen-bond donors (Lipinski definition) is 1. The maximum absolute atomic E-state index is 12.1. The highest BCUT2D eigenvalue weighted by Crippen LogP contribution is 2.33. The summed E-state index contributed by atoms with van der Waals surface area (Å²) in [6.45, 7) is 0.327. The molecule has 3 aromatic rings. The summed E-state index contributed by atoms with van der Waals surface area (Å²) in [7, 11) is 0. The molecule has 1 N–H and O–H groups in total. The Labute approximate surface area is 159 Å². The van der Waals surface area contributed by atoms with Crippen molar-refractivity contribution in [3.8, 4) is 0 Å². The molecule has 0 bridgehead atoms. The van der Waals surface area contributed by atoms with Gasteiger partial charge in [-0.3, -0.25) is 14.9 Å². The van der Waals surface area contributed by atoms with Gasteiger partial charge in [-0.15, -0.1) is 11.8 Å². The van der Waals surface area contributed by atoms with E-state index >= 15 is 0 Å². The van der Waals surface area contributed by atoms with Crippen molar-refractivity contribution < 1.29 is 9.72 Å². The van der Waals surface area contributed by atoms with Crippen LogP contribution in [-0.4, -0.2) is 16.6 Å².